The number of carbonyl (C=O) groups is 1. The Labute approximate surface area is 199 Å². The van der Waals surface area contributed by atoms with Crippen molar-refractivity contribution in [2.24, 2.45) is 0 Å². The fourth-order valence-corrected chi connectivity index (χ4v) is 6.43. The summed E-state index contributed by atoms with van der Waals surface area (Å²) in [6, 6.07) is 8.07. The second kappa shape index (κ2) is 11.7. The number of hydrogen-bond donors (Lipinski definition) is 1. The summed E-state index contributed by atoms with van der Waals surface area (Å²) >= 11 is 1.47. The zero-order valence-electron chi connectivity index (χ0n) is 18.9. The fourth-order valence-electron chi connectivity index (χ4n) is 3.79. The van der Waals surface area contributed by atoms with E-state index in [1.165, 1.54) is 59.0 Å². The summed E-state index contributed by atoms with van der Waals surface area (Å²) in [5, 5.41) is 13.1. The van der Waals surface area contributed by atoms with Crippen LogP contribution in [0.5, 0.6) is 0 Å². The maximum Gasteiger partial charge on any atom is 0.256 e. The van der Waals surface area contributed by atoms with Crippen molar-refractivity contribution in [2.75, 3.05) is 45.8 Å². The highest BCUT2D eigenvalue weighted by atomic mass is 32.2. The number of ether oxygens (including phenoxy) is 2. The average Bonchev–Trinajstić information content (AvgIpc) is 2.97. The number of benzene rings is 1. The minimum absolute atomic E-state index is 0.0896. The first-order valence-electron chi connectivity index (χ1n) is 10.9. The van der Waals surface area contributed by atoms with Crippen LogP contribution in [0.4, 0.5) is 5.00 Å². The van der Waals surface area contributed by atoms with Gasteiger partial charge in [0, 0.05) is 37.7 Å². The molecule has 0 bridgehead atoms. The van der Waals surface area contributed by atoms with Crippen molar-refractivity contribution in [1.82, 2.24) is 4.31 Å². The van der Waals surface area contributed by atoms with Crippen LogP contribution in [-0.4, -0.2) is 59.2 Å². The van der Waals surface area contributed by atoms with E-state index in [1.54, 1.807) is 0 Å². The molecule has 0 saturated heterocycles. The Hall–Kier alpha value is -2.29. The predicted octanol–water partition coefficient (Wildman–Crippen LogP) is 3.42. The molecule has 178 valence electrons. The Morgan fingerprint density at radius 3 is 2.33 bits per heavy atom. The lowest BCUT2D eigenvalue weighted by atomic mass is 10.1. The Kier molecular flexibility index (Phi) is 9.00. The van der Waals surface area contributed by atoms with Crippen LogP contribution in [0.3, 0.4) is 0 Å². The van der Waals surface area contributed by atoms with E-state index in [2.05, 4.69) is 11.4 Å². The van der Waals surface area contributed by atoms with Crippen LogP contribution in [-0.2, 0) is 32.3 Å². The Balaban J connectivity index is 1.77. The predicted molar refractivity (Wildman–Crippen MR) is 127 cm³/mol. The number of thiophene rings is 1. The van der Waals surface area contributed by atoms with E-state index in [0.717, 1.165) is 37.7 Å². The maximum atomic E-state index is 13.0. The van der Waals surface area contributed by atoms with E-state index >= 15 is 0 Å². The number of aryl methyl sites for hydroxylation is 1. The summed E-state index contributed by atoms with van der Waals surface area (Å²) in [5.41, 5.74) is 1.93. The molecular weight excluding hydrogens is 462 g/mol. The molecule has 0 atom stereocenters. The molecule has 0 fully saturated rings. The molecule has 1 amide bonds. The molecular formula is C23H29N3O5S2. The van der Waals surface area contributed by atoms with Gasteiger partial charge in [-0.3, -0.25) is 4.79 Å². The van der Waals surface area contributed by atoms with Gasteiger partial charge in [-0.2, -0.15) is 9.57 Å². The maximum absolute atomic E-state index is 13.0. The normalized spacial score (nSPS) is 13.9. The summed E-state index contributed by atoms with van der Waals surface area (Å²) in [7, 11) is -0.739. The smallest absolute Gasteiger partial charge is 0.256 e. The van der Waals surface area contributed by atoms with Gasteiger partial charge in [0.2, 0.25) is 10.0 Å². The number of fused-ring (bicyclic) bond motifs is 1. The number of methoxy groups -OCH3 is 2. The highest BCUT2D eigenvalue weighted by Crippen LogP contribution is 2.37. The molecule has 0 unspecified atom stereocenters. The van der Waals surface area contributed by atoms with Crippen LogP contribution < -0.4 is 5.32 Å². The first-order valence-corrected chi connectivity index (χ1v) is 13.1. The van der Waals surface area contributed by atoms with Crippen LogP contribution >= 0.6 is 11.3 Å². The van der Waals surface area contributed by atoms with Gasteiger partial charge < -0.3 is 14.8 Å². The lowest BCUT2D eigenvalue weighted by Crippen LogP contribution is -2.36. The molecule has 0 saturated carbocycles. The van der Waals surface area contributed by atoms with E-state index in [0.29, 0.717) is 16.1 Å². The van der Waals surface area contributed by atoms with Gasteiger partial charge in [0.05, 0.1) is 23.7 Å². The van der Waals surface area contributed by atoms with Crippen molar-refractivity contribution < 1.29 is 22.7 Å². The molecule has 33 heavy (non-hydrogen) atoms. The molecule has 1 aliphatic carbocycles. The van der Waals surface area contributed by atoms with Crippen molar-refractivity contribution in [3.05, 3.63) is 45.8 Å². The number of nitriles is 1. The van der Waals surface area contributed by atoms with Gasteiger partial charge in [-0.15, -0.1) is 11.3 Å². The first-order chi connectivity index (χ1) is 15.9. The van der Waals surface area contributed by atoms with E-state index in [1.807, 2.05) is 0 Å². The lowest BCUT2D eigenvalue weighted by molar-refractivity contribution is 0.102. The molecule has 0 aliphatic heterocycles. The minimum Gasteiger partial charge on any atom is -0.383 e. The van der Waals surface area contributed by atoms with Crippen molar-refractivity contribution in [3.63, 3.8) is 0 Å². The summed E-state index contributed by atoms with van der Waals surface area (Å²) in [5.74, 6) is -0.373. The highest BCUT2D eigenvalue weighted by Gasteiger charge is 2.25. The zero-order valence-corrected chi connectivity index (χ0v) is 20.6. The first kappa shape index (κ1) is 25.3. The van der Waals surface area contributed by atoms with Crippen LogP contribution in [0.1, 0.15) is 45.6 Å². The molecule has 3 rings (SSSR count). The average molecular weight is 492 g/mol. The van der Waals surface area contributed by atoms with E-state index < -0.39 is 10.0 Å². The zero-order chi connectivity index (χ0) is 23.8. The topological polar surface area (TPSA) is 109 Å². The van der Waals surface area contributed by atoms with Gasteiger partial charge in [-0.25, -0.2) is 8.42 Å². The molecule has 1 heterocycles. The Morgan fingerprint density at radius 2 is 1.73 bits per heavy atom. The number of rotatable bonds is 10. The largest absolute Gasteiger partial charge is 0.383 e. The summed E-state index contributed by atoms with van der Waals surface area (Å²) in [6.45, 7) is 0.916. The van der Waals surface area contributed by atoms with Gasteiger partial charge in [0.25, 0.3) is 5.91 Å². The highest BCUT2D eigenvalue weighted by molar-refractivity contribution is 7.89. The number of anilines is 1. The van der Waals surface area contributed by atoms with E-state index in [4.69, 9.17) is 9.47 Å². The van der Waals surface area contributed by atoms with Crippen molar-refractivity contribution in [1.29, 1.82) is 5.26 Å². The molecule has 0 radical (unpaired) electrons. The third-order valence-electron chi connectivity index (χ3n) is 5.60. The van der Waals surface area contributed by atoms with Gasteiger partial charge in [-0.1, -0.05) is 6.42 Å². The SMILES string of the molecule is COCCN(CCOC)S(=O)(=O)c1ccc(C(=O)Nc2sc3c(c2C#N)CCCCC3)cc1. The second-order valence-corrected chi connectivity index (χ2v) is 10.8. The number of amides is 1. The lowest BCUT2D eigenvalue weighted by Gasteiger charge is -2.21. The van der Waals surface area contributed by atoms with E-state index in [-0.39, 0.29) is 37.1 Å². The van der Waals surface area contributed by atoms with Gasteiger partial charge in [0.1, 0.15) is 11.1 Å². The standard InChI is InChI=1S/C23H29N3O5S2/c1-30-14-12-26(13-15-31-2)33(28,29)18-10-8-17(9-11-18)22(27)25-23-20(16-24)19-6-4-3-5-7-21(19)32-23/h8-11H,3-7,12-15H2,1-2H3,(H,25,27). The van der Waals surface area contributed by atoms with Gasteiger partial charge in [-0.05, 0) is 55.5 Å². The molecule has 8 nitrogen and oxygen atoms in total. The molecule has 1 aromatic carbocycles. The number of sulfonamides is 1. The molecule has 1 aliphatic rings. The Morgan fingerprint density at radius 1 is 1.09 bits per heavy atom. The van der Waals surface area contributed by atoms with Crippen LogP contribution in [0.2, 0.25) is 0 Å². The van der Waals surface area contributed by atoms with Gasteiger partial charge >= 0.3 is 0 Å². The monoisotopic (exact) mass is 491 g/mol. The summed E-state index contributed by atoms with van der Waals surface area (Å²) in [6.07, 6.45) is 5.08. The van der Waals surface area contributed by atoms with Crippen molar-refractivity contribution >= 4 is 32.3 Å². The van der Waals surface area contributed by atoms with Crippen LogP contribution in [0.25, 0.3) is 0 Å². The second-order valence-electron chi connectivity index (χ2n) is 7.75. The molecule has 1 aromatic heterocycles. The van der Waals surface area contributed by atoms with Gasteiger partial charge in [0.15, 0.2) is 0 Å². The minimum atomic E-state index is -3.76. The number of nitrogens with zero attached hydrogens (tertiary/aromatic N) is 2. The number of nitrogens with one attached hydrogen (secondary N) is 1. The van der Waals surface area contributed by atoms with Crippen molar-refractivity contribution in [3.8, 4) is 6.07 Å². The van der Waals surface area contributed by atoms with Crippen LogP contribution in [0, 0.1) is 11.3 Å². The third-order valence-corrected chi connectivity index (χ3v) is 8.72. The quantitative estimate of drug-likeness (QED) is 0.510. The fraction of sp³-hybridized carbons (Fsp3) is 0.478. The van der Waals surface area contributed by atoms with E-state index in [9.17, 15) is 18.5 Å². The van der Waals surface area contributed by atoms with Crippen LogP contribution in [0.15, 0.2) is 29.2 Å². The molecule has 2 aromatic rings. The Bertz CT molecular complexity index is 1100. The third kappa shape index (κ3) is 5.99. The summed E-state index contributed by atoms with van der Waals surface area (Å²) in [4.78, 5) is 14.1. The molecule has 10 heteroatoms. The molecule has 0 spiro atoms. The number of hydrogen-bond acceptors (Lipinski definition) is 7. The number of carbonyl (C=O) groups excluding carboxylic acids is 1. The summed E-state index contributed by atoms with van der Waals surface area (Å²) < 4.78 is 37.4. The van der Waals surface area contributed by atoms with Crippen molar-refractivity contribution in [2.45, 2.75) is 37.0 Å². The molecule has 1 N–H and O–H groups in total.